The molecule has 0 saturated carbocycles. The Hall–Kier alpha value is -2.25. The van der Waals surface area contributed by atoms with Crippen LogP contribution in [0.1, 0.15) is 29.8 Å². The third-order valence-corrected chi connectivity index (χ3v) is 4.71. The van der Waals surface area contributed by atoms with E-state index in [1.165, 1.54) is 6.20 Å². The summed E-state index contributed by atoms with van der Waals surface area (Å²) in [6.45, 7) is 1.41. The molecule has 2 amide bonds. The fourth-order valence-corrected chi connectivity index (χ4v) is 3.26. The number of halogens is 2. The van der Waals surface area contributed by atoms with E-state index in [-0.39, 0.29) is 43.5 Å². The average molecular weight is 338 g/mol. The first-order chi connectivity index (χ1) is 11.4. The molecule has 8 heteroatoms. The Balaban J connectivity index is 1.62. The lowest BCUT2D eigenvalue weighted by Crippen LogP contribution is -2.45. The Morgan fingerprint density at radius 3 is 2.62 bits per heavy atom. The zero-order chi connectivity index (χ0) is 17.3. The highest BCUT2D eigenvalue weighted by molar-refractivity contribution is 5.91. The normalized spacial score (nSPS) is 23.3. The number of rotatable bonds is 3. The number of piperidine rings is 1. The summed E-state index contributed by atoms with van der Waals surface area (Å²) in [6, 6.07) is 3.37. The van der Waals surface area contributed by atoms with E-state index in [2.05, 4.69) is 4.98 Å². The number of anilines is 1. The number of nitrogens with two attached hydrogens (primary N) is 1. The minimum absolute atomic E-state index is 0.0582. The minimum Gasteiger partial charge on any atom is -0.371 e. The van der Waals surface area contributed by atoms with Gasteiger partial charge in [0.25, 0.3) is 11.8 Å². The van der Waals surface area contributed by atoms with E-state index in [1.54, 1.807) is 17.0 Å². The molecule has 1 atom stereocenters. The number of aromatic nitrogens is 1. The molecule has 0 bridgehead atoms. The number of alkyl halides is 2. The maximum absolute atomic E-state index is 13.2. The van der Waals surface area contributed by atoms with Crippen LogP contribution in [0.3, 0.4) is 0 Å². The highest BCUT2D eigenvalue weighted by Crippen LogP contribution is 2.30. The zero-order valence-electron chi connectivity index (χ0n) is 13.3. The monoisotopic (exact) mass is 338 g/mol. The van der Waals surface area contributed by atoms with Gasteiger partial charge in [-0.15, -0.1) is 0 Å². The van der Waals surface area contributed by atoms with Crippen molar-refractivity contribution in [3.05, 3.63) is 24.0 Å². The number of carbonyl (C=O) groups is 2. The van der Waals surface area contributed by atoms with E-state index in [0.29, 0.717) is 19.5 Å². The summed E-state index contributed by atoms with van der Waals surface area (Å²) in [6.07, 6.45) is 1.65. The Morgan fingerprint density at radius 1 is 1.25 bits per heavy atom. The van der Waals surface area contributed by atoms with Gasteiger partial charge in [0.1, 0.15) is 5.69 Å². The van der Waals surface area contributed by atoms with Gasteiger partial charge in [0.05, 0.1) is 5.92 Å². The van der Waals surface area contributed by atoms with Crippen molar-refractivity contribution < 1.29 is 18.4 Å². The molecule has 130 valence electrons. The molecule has 0 spiro atoms. The van der Waals surface area contributed by atoms with Crippen molar-refractivity contribution in [2.45, 2.75) is 25.2 Å². The molecule has 2 aliphatic rings. The Labute approximate surface area is 138 Å². The van der Waals surface area contributed by atoms with Crippen LogP contribution in [-0.4, -0.2) is 53.8 Å². The number of likely N-dealkylation sites (tertiary alicyclic amines) is 1. The SMILES string of the molecule is NC(=O)c1cc(N2CCC(C(=O)N3CCC(F)(F)CC3)C2)ccn1. The highest BCUT2D eigenvalue weighted by atomic mass is 19.3. The van der Waals surface area contributed by atoms with Gasteiger partial charge in [0, 0.05) is 50.9 Å². The fraction of sp³-hybridized carbons (Fsp3) is 0.562. The van der Waals surface area contributed by atoms with Gasteiger partial charge in [-0.2, -0.15) is 0 Å². The summed E-state index contributed by atoms with van der Waals surface area (Å²) >= 11 is 0. The van der Waals surface area contributed by atoms with Crippen molar-refractivity contribution >= 4 is 17.5 Å². The van der Waals surface area contributed by atoms with Crippen LogP contribution in [0.5, 0.6) is 0 Å². The molecule has 1 unspecified atom stereocenters. The number of pyridine rings is 1. The Kier molecular flexibility index (Phi) is 4.38. The molecule has 3 rings (SSSR count). The van der Waals surface area contributed by atoms with Gasteiger partial charge in [-0.25, -0.2) is 8.78 Å². The summed E-state index contributed by atoms with van der Waals surface area (Å²) in [4.78, 5) is 31.2. The van der Waals surface area contributed by atoms with Gasteiger partial charge < -0.3 is 15.5 Å². The largest absolute Gasteiger partial charge is 0.371 e. The molecule has 1 aromatic heterocycles. The summed E-state index contributed by atoms with van der Waals surface area (Å²) in [5.74, 6) is -3.52. The smallest absolute Gasteiger partial charge is 0.267 e. The standard InChI is InChI=1S/C16H20F2N4O2/c17-16(18)3-7-21(8-4-16)15(24)11-2-6-22(10-11)12-1-5-20-13(9-12)14(19)23/h1,5,9,11H,2-4,6-8,10H2,(H2,19,23). The van der Waals surface area contributed by atoms with Crippen molar-refractivity contribution in [2.75, 3.05) is 31.1 Å². The first-order valence-corrected chi connectivity index (χ1v) is 8.03. The second-order valence-electron chi connectivity index (χ2n) is 6.38. The molecule has 1 aromatic rings. The van der Waals surface area contributed by atoms with E-state index in [1.807, 2.05) is 4.90 Å². The molecule has 0 aliphatic carbocycles. The molecule has 2 aliphatic heterocycles. The molecule has 6 nitrogen and oxygen atoms in total. The van der Waals surface area contributed by atoms with Crippen LogP contribution in [0.25, 0.3) is 0 Å². The minimum atomic E-state index is -2.65. The summed E-state index contributed by atoms with van der Waals surface area (Å²) in [5, 5.41) is 0. The maximum Gasteiger partial charge on any atom is 0.267 e. The molecular formula is C16H20F2N4O2. The van der Waals surface area contributed by atoms with Crippen molar-refractivity contribution in [1.82, 2.24) is 9.88 Å². The predicted octanol–water partition coefficient (Wildman–Crippen LogP) is 1.26. The van der Waals surface area contributed by atoms with E-state index in [0.717, 1.165) is 5.69 Å². The lowest BCUT2D eigenvalue weighted by atomic mass is 10.0. The average Bonchev–Trinajstić information content (AvgIpc) is 3.04. The lowest BCUT2D eigenvalue weighted by molar-refractivity contribution is -0.140. The number of hydrogen-bond donors (Lipinski definition) is 1. The van der Waals surface area contributed by atoms with Crippen LogP contribution in [0, 0.1) is 5.92 Å². The van der Waals surface area contributed by atoms with E-state index in [4.69, 9.17) is 5.73 Å². The van der Waals surface area contributed by atoms with Crippen LogP contribution in [-0.2, 0) is 4.79 Å². The Morgan fingerprint density at radius 2 is 1.96 bits per heavy atom. The second kappa shape index (κ2) is 6.33. The number of amides is 2. The Bertz CT molecular complexity index is 643. The molecule has 3 heterocycles. The topological polar surface area (TPSA) is 79.5 Å². The van der Waals surface area contributed by atoms with Crippen molar-refractivity contribution in [3.63, 3.8) is 0 Å². The third kappa shape index (κ3) is 3.47. The summed E-state index contributed by atoms with van der Waals surface area (Å²) in [5.41, 5.74) is 6.21. The molecule has 2 saturated heterocycles. The molecule has 2 fully saturated rings. The second-order valence-corrected chi connectivity index (χ2v) is 6.38. The summed E-state index contributed by atoms with van der Waals surface area (Å²) in [7, 11) is 0. The first kappa shape index (κ1) is 16.6. The lowest BCUT2D eigenvalue weighted by Gasteiger charge is -2.33. The molecule has 0 radical (unpaired) electrons. The van der Waals surface area contributed by atoms with Crippen LogP contribution in [0.4, 0.5) is 14.5 Å². The third-order valence-electron chi connectivity index (χ3n) is 4.71. The van der Waals surface area contributed by atoms with Gasteiger partial charge in [-0.05, 0) is 18.6 Å². The number of carbonyl (C=O) groups excluding carboxylic acids is 2. The van der Waals surface area contributed by atoms with Gasteiger partial charge in [0.2, 0.25) is 5.91 Å². The van der Waals surface area contributed by atoms with Crippen LogP contribution in [0.2, 0.25) is 0 Å². The molecule has 24 heavy (non-hydrogen) atoms. The number of primary amides is 1. The van der Waals surface area contributed by atoms with Gasteiger partial charge >= 0.3 is 0 Å². The number of nitrogens with zero attached hydrogens (tertiary/aromatic N) is 3. The van der Waals surface area contributed by atoms with Crippen molar-refractivity contribution in [1.29, 1.82) is 0 Å². The molecule has 2 N–H and O–H groups in total. The predicted molar refractivity (Wildman–Crippen MR) is 83.8 cm³/mol. The summed E-state index contributed by atoms with van der Waals surface area (Å²) < 4.78 is 26.4. The van der Waals surface area contributed by atoms with Crippen LogP contribution in [0.15, 0.2) is 18.3 Å². The van der Waals surface area contributed by atoms with Gasteiger partial charge in [-0.1, -0.05) is 0 Å². The highest BCUT2D eigenvalue weighted by Gasteiger charge is 2.38. The molecular weight excluding hydrogens is 318 g/mol. The van der Waals surface area contributed by atoms with Gasteiger partial charge in [0.15, 0.2) is 0 Å². The fourth-order valence-electron chi connectivity index (χ4n) is 3.26. The maximum atomic E-state index is 13.2. The van der Waals surface area contributed by atoms with Crippen LogP contribution >= 0.6 is 0 Å². The van der Waals surface area contributed by atoms with E-state index < -0.39 is 11.8 Å². The van der Waals surface area contributed by atoms with Gasteiger partial charge in [-0.3, -0.25) is 14.6 Å². The van der Waals surface area contributed by atoms with Crippen molar-refractivity contribution in [3.8, 4) is 0 Å². The van der Waals surface area contributed by atoms with Crippen LogP contribution < -0.4 is 10.6 Å². The quantitative estimate of drug-likeness (QED) is 0.900. The first-order valence-electron chi connectivity index (χ1n) is 8.03. The van der Waals surface area contributed by atoms with Crippen molar-refractivity contribution in [2.24, 2.45) is 11.7 Å². The van der Waals surface area contributed by atoms with E-state index >= 15 is 0 Å². The molecule has 0 aromatic carbocycles. The zero-order valence-corrected chi connectivity index (χ0v) is 13.3. The van der Waals surface area contributed by atoms with E-state index in [9.17, 15) is 18.4 Å². The number of hydrogen-bond acceptors (Lipinski definition) is 4.